The summed E-state index contributed by atoms with van der Waals surface area (Å²) in [6.45, 7) is 3.35. The molecule has 2 heterocycles. The molecule has 0 aromatic rings. The molecule has 11 N–H and O–H groups in total. The Morgan fingerprint density at radius 1 is 0.427 bits per heavy atom. The van der Waals surface area contributed by atoms with Crippen molar-refractivity contribution >= 4 is 25.7 Å². The summed E-state index contributed by atoms with van der Waals surface area (Å²) in [5.41, 5.74) is 0. The van der Waals surface area contributed by atoms with Crippen molar-refractivity contribution in [2.24, 2.45) is 0 Å². The number of phosphoric ester groups is 1. The first-order chi connectivity index (χ1) is 46.3. The minimum Gasteiger partial charge on any atom is -0.462 e. The van der Waals surface area contributed by atoms with Gasteiger partial charge in [-0.1, -0.05) is 257 Å². The van der Waals surface area contributed by atoms with Gasteiger partial charge in [-0.25, -0.2) is 9.36 Å². The molecule has 2 aliphatic heterocycles. The zero-order valence-electron chi connectivity index (χ0n) is 58.4. The highest BCUT2D eigenvalue weighted by Gasteiger charge is 2.58. The Bertz CT molecular complexity index is 2090. The predicted octanol–water partition coefficient (Wildman–Crippen LogP) is 9.74. The fourth-order valence-electron chi connectivity index (χ4n) is 12.3. The van der Waals surface area contributed by atoms with Gasteiger partial charge in [0.2, 0.25) is 0 Å². The van der Waals surface area contributed by atoms with Crippen LogP contribution >= 0.6 is 7.82 Å². The third kappa shape index (κ3) is 36.4. The lowest BCUT2D eigenvalue weighted by molar-refractivity contribution is -0.360. The lowest BCUT2D eigenvalue weighted by Gasteiger charge is -2.49. The molecule has 96 heavy (non-hydrogen) atoms. The molecule has 0 bridgehead atoms. The molecule has 24 nitrogen and oxygen atoms in total. The van der Waals surface area contributed by atoms with Gasteiger partial charge in [-0.2, -0.15) is 0 Å². The average Bonchev–Trinajstić information content (AvgIpc) is 0.764. The third-order valence-electron chi connectivity index (χ3n) is 18.3. The van der Waals surface area contributed by atoms with E-state index in [0.717, 1.165) is 96.0 Å². The number of rotatable bonds is 57. The van der Waals surface area contributed by atoms with Crippen LogP contribution in [-0.2, 0) is 61.2 Å². The van der Waals surface area contributed by atoms with Crippen LogP contribution in [0.2, 0.25) is 0 Å². The summed E-state index contributed by atoms with van der Waals surface area (Å²) in [6, 6.07) is 0. The third-order valence-corrected chi connectivity index (χ3v) is 19.3. The zero-order valence-corrected chi connectivity index (χ0v) is 59.3. The number of unbranched alkanes of at least 4 members (excludes halogenated alkanes) is 35. The molecule has 2 saturated heterocycles. The van der Waals surface area contributed by atoms with Crippen molar-refractivity contribution in [3.8, 4) is 0 Å². The predicted molar refractivity (Wildman–Crippen MR) is 361 cm³/mol. The maximum atomic E-state index is 14.3. The van der Waals surface area contributed by atoms with Crippen LogP contribution in [0.3, 0.4) is 0 Å². The van der Waals surface area contributed by atoms with Gasteiger partial charge in [0, 0.05) is 18.9 Å². The van der Waals surface area contributed by atoms with Gasteiger partial charge in [-0.05, 0) is 25.7 Å². The normalized spacial score (nSPS) is 28.1. The lowest BCUT2D eigenvalue weighted by Crippen LogP contribution is -2.69. The summed E-state index contributed by atoms with van der Waals surface area (Å²) < 4.78 is 64.7. The number of carbonyl (C=O) groups excluding carboxylic acids is 3. The first kappa shape index (κ1) is 87.7. The summed E-state index contributed by atoms with van der Waals surface area (Å²) in [4.78, 5) is 50.8. The SMILES string of the molecule is CCCCCCCCCCCCC/C=C/C=C/C(=O)OCC1OC(OC2C(O)C(O)C(O)C(OC3OC(CO)C(O)C(O)C3O)C2OP(=O)(O)OCC(COC(=O)CCCCCCCCCCCCC)OC(=O)CCCCCCCCCCCCCCCCC)C(O)C(O)C1O. The highest BCUT2D eigenvalue weighted by Crippen LogP contribution is 2.49. The van der Waals surface area contributed by atoms with Crippen molar-refractivity contribution < 1.29 is 117 Å². The van der Waals surface area contributed by atoms with E-state index in [4.69, 9.17) is 42.2 Å². The first-order valence-electron chi connectivity index (χ1n) is 37.2. The van der Waals surface area contributed by atoms with Crippen LogP contribution in [0.5, 0.6) is 0 Å². The van der Waals surface area contributed by atoms with Crippen molar-refractivity contribution in [2.75, 3.05) is 26.4 Å². The van der Waals surface area contributed by atoms with Crippen molar-refractivity contribution in [1.29, 1.82) is 0 Å². The van der Waals surface area contributed by atoms with Gasteiger partial charge < -0.3 is 89.1 Å². The van der Waals surface area contributed by atoms with Gasteiger partial charge in [0.1, 0.15) is 98.7 Å². The number of hydrogen-bond donors (Lipinski definition) is 11. The number of hydrogen-bond acceptors (Lipinski definition) is 23. The molecule has 3 aliphatic rings. The minimum absolute atomic E-state index is 0.0385. The molecular formula is C71H129O24P. The fraction of sp³-hybridized carbons (Fsp3) is 0.901. The molecule has 562 valence electrons. The van der Waals surface area contributed by atoms with Gasteiger partial charge in [-0.3, -0.25) is 18.6 Å². The van der Waals surface area contributed by atoms with E-state index in [-0.39, 0.29) is 12.8 Å². The second kappa shape index (κ2) is 53.3. The maximum Gasteiger partial charge on any atom is 0.472 e. The van der Waals surface area contributed by atoms with Crippen LogP contribution in [0.1, 0.15) is 278 Å². The van der Waals surface area contributed by atoms with E-state index in [9.17, 15) is 74.9 Å². The van der Waals surface area contributed by atoms with Crippen LogP contribution in [-0.4, -0.2) is 204 Å². The molecule has 0 spiro atoms. The van der Waals surface area contributed by atoms with Crippen LogP contribution in [0, 0.1) is 0 Å². The summed E-state index contributed by atoms with van der Waals surface area (Å²) in [5, 5.41) is 110. The largest absolute Gasteiger partial charge is 0.472 e. The summed E-state index contributed by atoms with van der Waals surface area (Å²) in [6.07, 6.45) is 13.2. The van der Waals surface area contributed by atoms with E-state index in [1.54, 1.807) is 6.08 Å². The van der Waals surface area contributed by atoms with Gasteiger partial charge in [0.15, 0.2) is 18.7 Å². The van der Waals surface area contributed by atoms with Crippen LogP contribution in [0.25, 0.3) is 0 Å². The van der Waals surface area contributed by atoms with Crippen molar-refractivity contribution in [2.45, 2.75) is 382 Å². The molecule has 0 aromatic carbocycles. The zero-order chi connectivity index (χ0) is 70.4. The van der Waals surface area contributed by atoms with Crippen molar-refractivity contribution in [1.82, 2.24) is 0 Å². The lowest BCUT2D eigenvalue weighted by atomic mass is 9.84. The molecule has 0 radical (unpaired) electrons. The Balaban J connectivity index is 1.75. The quantitative estimate of drug-likeness (QED) is 0.00673. The van der Waals surface area contributed by atoms with E-state index >= 15 is 0 Å². The van der Waals surface area contributed by atoms with E-state index in [1.807, 2.05) is 6.08 Å². The van der Waals surface area contributed by atoms with Gasteiger partial charge in [0.05, 0.1) is 13.2 Å². The molecule has 1 saturated carbocycles. The first-order valence-corrected chi connectivity index (χ1v) is 38.7. The monoisotopic (exact) mass is 1400 g/mol. The van der Waals surface area contributed by atoms with Crippen LogP contribution in [0.15, 0.2) is 24.3 Å². The molecular weight excluding hydrogens is 1270 g/mol. The standard InChI is InChI=1S/C71H129O24P/c1-4-7-10-13-16-19-22-24-26-28-31-34-37-40-43-46-56(74)88-51-54-59(77)61(79)66(84)71(92-54)94-68-64(82)62(80)63(81)67(93-70-65(83)60(78)58(76)53(48-72)91-70)69(68)95-96(85,86)89-50-52(49-87-55(73)45-42-39-36-33-30-21-18-15-12-9-6-3)90-57(75)47-44-41-38-35-32-29-27-25-23-20-17-14-11-8-5-2/h37,40,43,46,52-54,58-72,76-84H,4-36,38-39,41-42,44-45,47-51H2,1-3H3,(H,85,86)/b40-37+,46-43+. The van der Waals surface area contributed by atoms with Gasteiger partial charge in [-0.15, -0.1) is 0 Å². The van der Waals surface area contributed by atoms with Crippen molar-refractivity contribution in [3.05, 3.63) is 24.3 Å². The molecule has 3 rings (SSSR count). The van der Waals surface area contributed by atoms with Crippen molar-refractivity contribution in [3.63, 3.8) is 0 Å². The van der Waals surface area contributed by atoms with Crippen LogP contribution < -0.4 is 0 Å². The fourth-order valence-corrected chi connectivity index (χ4v) is 13.2. The Labute approximate surface area is 573 Å². The molecule has 18 atom stereocenters. The Morgan fingerprint density at radius 2 is 0.802 bits per heavy atom. The molecule has 1 aliphatic carbocycles. The number of allylic oxidation sites excluding steroid dienone is 3. The van der Waals surface area contributed by atoms with Crippen LogP contribution in [0.4, 0.5) is 0 Å². The number of ether oxygens (including phenoxy) is 7. The highest BCUT2D eigenvalue weighted by molar-refractivity contribution is 7.47. The Morgan fingerprint density at radius 3 is 1.23 bits per heavy atom. The van der Waals surface area contributed by atoms with Gasteiger partial charge >= 0.3 is 25.7 Å². The molecule has 25 heteroatoms. The van der Waals surface area contributed by atoms with Gasteiger partial charge in [0.25, 0.3) is 0 Å². The summed E-state index contributed by atoms with van der Waals surface area (Å²) in [5.74, 6) is -2.22. The summed E-state index contributed by atoms with van der Waals surface area (Å²) >= 11 is 0. The smallest absolute Gasteiger partial charge is 0.462 e. The number of phosphoric acid groups is 1. The summed E-state index contributed by atoms with van der Waals surface area (Å²) in [7, 11) is -5.70. The number of carbonyl (C=O) groups is 3. The van der Waals surface area contributed by atoms with E-state index in [0.29, 0.717) is 12.8 Å². The van der Waals surface area contributed by atoms with E-state index in [2.05, 4.69) is 20.8 Å². The number of aliphatic hydroxyl groups is 10. The Hall–Kier alpha value is -2.56. The topological polar surface area (TPSA) is 374 Å². The molecule has 3 fully saturated rings. The minimum atomic E-state index is -5.70. The van der Waals surface area contributed by atoms with E-state index < -0.39 is 156 Å². The van der Waals surface area contributed by atoms with E-state index in [1.165, 1.54) is 147 Å². The molecule has 18 unspecified atom stereocenters. The second-order valence-corrected chi connectivity index (χ2v) is 28.1. The number of aliphatic hydroxyl groups excluding tert-OH is 10. The maximum absolute atomic E-state index is 14.3. The molecule has 0 amide bonds. The molecule has 0 aromatic heterocycles. The average molecular weight is 1400 g/mol. The highest BCUT2D eigenvalue weighted by atomic mass is 31.2. The number of esters is 3. The Kier molecular flexibility index (Phi) is 48.7. The second-order valence-electron chi connectivity index (χ2n) is 26.7.